The van der Waals surface area contributed by atoms with Crippen molar-refractivity contribution in [2.75, 3.05) is 54.9 Å². The number of carbonyl (C=O) groups excluding carboxylic acids is 1. The van der Waals surface area contributed by atoms with Crippen molar-refractivity contribution in [3.05, 3.63) is 59.8 Å². The Morgan fingerprint density at radius 3 is 2.58 bits per heavy atom. The second kappa shape index (κ2) is 11.3. The normalized spacial score (nSPS) is 17.6. The number of rotatable bonds is 6. The number of carbonyl (C=O) groups is 1. The van der Waals surface area contributed by atoms with Gasteiger partial charge < -0.3 is 25.6 Å². The fourth-order valence-electron chi connectivity index (χ4n) is 4.59. The summed E-state index contributed by atoms with van der Waals surface area (Å²) in [5, 5.41) is 8.43. The van der Waals surface area contributed by atoms with Gasteiger partial charge in [-0.15, -0.1) is 6.42 Å². The third kappa shape index (κ3) is 6.05. The maximum Gasteiger partial charge on any atom is 0.421 e. The molecule has 1 aromatic heterocycles. The van der Waals surface area contributed by atoms with Crippen LogP contribution in [0.25, 0.3) is 0 Å². The van der Waals surface area contributed by atoms with E-state index in [0.717, 1.165) is 31.9 Å². The molecule has 208 valence electrons. The molecule has 1 amide bonds. The molecule has 0 spiro atoms. The quantitative estimate of drug-likeness (QED) is 0.392. The number of benzene rings is 2. The molecule has 9 nitrogen and oxygen atoms in total. The van der Waals surface area contributed by atoms with E-state index in [1.807, 2.05) is 24.3 Å². The van der Waals surface area contributed by atoms with Crippen LogP contribution in [0, 0.1) is 12.3 Å². The Morgan fingerprint density at radius 2 is 1.88 bits per heavy atom. The van der Waals surface area contributed by atoms with Gasteiger partial charge in [-0.3, -0.25) is 9.69 Å². The highest BCUT2D eigenvalue weighted by Crippen LogP contribution is 2.37. The number of nitrogens with zero attached hydrogens (tertiary/aromatic N) is 4. The standard InChI is InChI=1S/C28H28F3N7O2/c1-3-11-37-12-14-38(15-13-37)20-9-7-19(8-10-20)34-27-32-16-21(28(29,30)31)25(36-27)35-22-5-4-6-23-24(22)26(39)33-18(2)17-40-23/h1,4-10,16,18H,11-15,17H2,2H3,(H,33,39)(H2,32,34,35,36)/t18-/m0/s1. The number of terminal acetylenes is 1. The predicted octanol–water partition coefficient (Wildman–Crippen LogP) is 4.25. The predicted molar refractivity (Wildman–Crippen MR) is 146 cm³/mol. The molecule has 0 bridgehead atoms. The van der Waals surface area contributed by atoms with E-state index >= 15 is 0 Å². The van der Waals surface area contributed by atoms with Gasteiger partial charge in [0.25, 0.3) is 5.91 Å². The Bertz CT molecular complexity index is 1410. The maximum atomic E-state index is 13.9. The van der Waals surface area contributed by atoms with Crippen molar-refractivity contribution < 1.29 is 22.7 Å². The summed E-state index contributed by atoms with van der Waals surface area (Å²) in [6.07, 6.45) is 1.38. The SMILES string of the molecule is C#CCN1CCN(c2ccc(Nc3ncc(C(F)(F)F)c(Nc4cccc5c4C(=O)N[C@@H](C)CO5)n3)cc2)CC1. The highest BCUT2D eigenvalue weighted by atomic mass is 19.4. The average molecular weight is 552 g/mol. The number of halogens is 3. The third-order valence-electron chi connectivity index (χ3n) is 6.64. The van der Waals surface area contributed by atoms with Crippen molar-refractivity contribution in [2.24, 2.45) is 0 Å². The fraction of sp³-hybridized carbons (Fsp3) is 0.321. The third-order valence-corrected chi connectivity index (χ3v) is 6.64. The summed E-state index contributed by atoms with van der Waals surface area (Å²) < 4.78 is 47.3. The van der Waals surface area contributed by atoms with Crippen LogP contribution in [0.3, 0.4) is 0 Å². The summed E-state index contributed by atoms with van der Waals surface area (Å²) in [7, 11) is 0. The number of fused-ring (bicyclic) bond motifs is 1. The van der Waals surface area contributed by atoms with Crippen molar-refractivity contribution in [3.8, 4) is 18.1 Å². The van der Waals surface area contributed by atoms with E-state index < -0.39 is 23.5 Å². The molecule has 2 aromatic carbocycles. The van der Waals surface area contributed by atoms with Crippen molar-refractivity contribution in [1.29, 1.82) is 0 Å². The summed E-state index contributed by atoms with van der Waals surface area (Å²) >= 11 is 0. The van der Waals surface area contributed by atoms with Crippen LogP contribution < -0.4 is 25.6 Å². The van der Waals surface area contributed by atoms with Gasteiger partial charge in [-0.05, 0) is 43.3 Å². The molecule has 1 saturated heterocycles. The molecule has 2 aliphatic heterocycles. The van der Waals surface area contributed by atoms with Crippen molar-refractivity contribution >= 4 is 34.7 Å². The minimum atomic E-state index is -4.73. The molecule has 5 rings (SSSR count). The van der Waals surface area contributed by atoms with Gasteiger partial charge in [0.2, 0.25) is 5.95 Å². The van der Waals surface area contributed by atoms with Gasteiger partial charge in [-0.25, -0.2) is 4.98 Å². The van der Waals surface area contributed by atoms with Crippen LogP contribution in [0.4, 0.5) is 42.0 Å². The zero-order valence-electron chi connectivity index (χ0n) is 21.8. The van der Waals surface area contributed by atoms with Crippen molar-refractivity contribution in [1.82, 2.24) is 20.2 Å². The number of anilines is 5. The van der Waals surface area contributed by atoms with E-state index in [0.29, 0.717) is 18.4 Å². The van der Waals surface area contributed by atoms with E-state index in [1.165, 1.54) is 6.07 Å². The molecule has 0 aliphatic carbocycles. The molecule has 0 radical (unpaired) electrons. The van der Waals surface area contributed by atoms with Crippen LogP contribution in [0.15, 0.2) is 48.7 Å². The lowest BCUT2D eigenvalue weighted by atomic mass is 10.1. The number of hydrogen-bond acceptors (Lipinski definition) is 8. The van der Waals surface area contributed by atoms with Gasteiger partial charge in [0.15, 0.2) is 0 Å². The molecular weight excluding hydrogens is 523 g/mol. The first kappa shape index (κ1) is 27.1. The monoisotopic (exact) mass is 551 g/mol. The van der Waals surface area contributed by atoms with Gasteiger partial charge in [0, 0.05) is 43.8 Å². The summed E-state index contributed by atoms with van der Waals surface area (Å²) in [4.78, 5) is 25.3. The molecule has 3 heterocycles. The Morgan fingerprint density at radius 1 is 1.12 bits per heavy atom. The highest BCUT2D eigenvalue weighted by molar-refractivity contribution is 6.03. The van der Waals surface area contributed by atoms with Crippen LogP contribution in [-0.2, 0) is 6.18 Å². The number of piperazine rings is 1. The van der Waals surface area contributed by atoms with E-state index in [1.54, 1.807) is 19.1 Å². The van der Waals surface area contributed by atoms with Crippen LogP contribution in [0.2, 0.25) is 0 Å². The molecule has 0 saturated carbocycles. The smallest absolute Gasteiger partial charge is 0.421 e. The average Bonchev–Trinajstić information content (AvgIpc) is 3.07. The first-order chi connectivity index (χ1) is 19.2. The van der Waals surface area contributed by atoms with Crippen LogP contribution in [0.1, 0.15) is 22.8 Å². The van der Waals surface area contributed by atoms with Gasteiger partial charge >= 0.3 is 6.18 Å². The zero-order valence-corrected chi connectivity index (χ0v) is 21.8. The number of hydrogen-bond donors (Lipinski definition) is 3. The second-order valence-electron chi connectivity index (χ2n) is 9.58. The topological polar surface area (TPSA) is 94.7 Å². The molecule has 12 heteroatoms. The second-order valence-corrected chi connectivity index (χ2v) is 9.58. The van der Waals surface area contributed by atoms with Crippen molar-refractivity contribution in [2.45, 2.75) is 19.1 Å². The number of ether oxygens (including phenoxy) is 1. The fourth-order valence-corrected chi connectivity index (χ4v) is 4.59. The largest absolute Gasteiger partial charge is 0.491 e. The lowest BCUT2D eigenvalue weighted by Crippen LogP contribution is -2.46. The minimum absolute atomic E-state index is 0.0394. The molecule has 1 fully saturated rings. The van der Waals surface area contributed by atoms with Crippen LogP contribution >= 0.6 is 0 Å². The van der Waals surface area contributed by atoms with Gasteiger partial charge in [-0.2, -0.15) is 18.2 Å². The lowest BCUT2D eigenvalue weighted by molar-refractivity contribution is -0.137. The molecule has 2 aliphatic rings. The summed E-state index contributed by atoms with van der Waals surface area (Å²) in [6, 6.07) is 11.9. The Labute approximate surface area is 229 Å². The van der Waals surface area contributed by atoms with E-state index in [-0.39, 0.29) is 35.6 Å². The first-order valence-corrected chi connectivity index (χ1v) is 12.8. The number of aromatic nitrogens is 2. The van der Waals surface area contributed by atoms with E-state index in [9.17, 15) is 18.0 Å². The summed E-state index contributed by atoms with van der Waals surface area (Å²) in [6.45, 7) is 6.07. The molecule has 0 unspecified atom stereocenters. The summed E-state index contributed by atoms with van der Waals surface area (Å²) in [5.74, 6) is 1.95. The molecular formula is C28H28F3N7O2. The number of amides is 1. The molecule has 3 aromatic rings. The highest BCUT2D eigenvalue weighted by Gasteiger charge is 2.36. The van der Waals surface area contributed by atoms with Gasteiger partial charge in [0.05, 0.1) is 18.3 Å². The Hall–Kier alpha value is -4.50. The van der Waals surface area contributed by atoms with Crippen LogP contribution in [0.5, 0.6) is 5.75 Å². The maximum absolute atomic E-state index is 13.9. The van der Waals surface area contributed by atoms with Gasteiger partial charge in [0.1, 0.15) is 29.3 Å². The Kier molecular flexibility index (Phi) is 7.66. The van der Waals surface area contributed by atoms with E-state index in [4.69, 9.17) is 11.2 Å². The first-order valence-electron chi connectivity index (χ1n) is 12.8. The number of alkyl halides is 3. The molecule has 3 N–H and O–H groups in total. The summed E-state index contributed by atoms with van der Waals surface area (Å²) in [5.41, 5.74) is 0.796. The number of nitrogens with one attached hydrogen (secondary N) is 3. The van der Waals surface area contributed by atoms with Crippen LogP contribution in [-0.4, -0.2) is 66.1 Å². The molecule has 1 atom stereocenters. The van der Waals surface area contributed by atoms with Gasteiger partial charge in [-0.1, -0.05) is 12.0 Å². The van der Waals surface area contributed by atoms with Crippen molar-refractivity contribution in [3.63, 3.8) is 0 Å². The Balaban J connectivity index is 1.36. The van der Waals surface area contributed by atoms with E-state index in [2.05, 4.69) is 41.6 Å². The molecule has 40 heavy (non-hydrogen) atoms. The lowest BCUT2D eigenvalue weighted by Gasteiger charge is -2.35. The zero-order chi connectivity index (χ0) is 28.3. The minimum Gasteiger partial charge on any atom is -0.491 e.